The zero-order valence-electron chi connectivity index (χ0n) is 18.4. The van der Waals surface area contributed by atoms with Crippen LogP contribution in [0.25, 0.3) is 16.6 Å². The van der Waals surface area contributed by atoms with Gasteiger partial charge in [0.15, 0.2) is 5.78 Å². The lowest BCUT2D eigenvalue weighted by Gasteiger charge is -2.28. The first-order valence-corrected chi connectivity index (χ1v) is 11.5. The molecule has 34 heavy (non-hydrogen) atoms. The van der Waals surface area contributed by atoms with Gasteiger partial charge in [0.25, 0.3) is 0 Å². The van der Waals surface area contributed by atoms with Gasteiger partial charge < -0.3 is 4.57 Å². The Morgan fingerprint density at radius 3 is 2.38 bits per heavy atom. The SMILES string of the molecule is Cl.O=C(CCCN1CCc2c(c3cc(F)ccc3n2-c2ccc(F)cc2)C1)c1ccc(Cl)cc1. The Balaban J connectivity index is 0.00000274. The maximum Gasteiger partial charge on any atom is 0.162 e. The fourth-order valence-corrected chi connectivity index (χ4v) is 4.83. The number of hydrogen-bond acceptors (Lipinski definition) is 2. The second-order valence-corrected chi connectivity index (χ2v) is 8.89. The molecule has 5 rings (SSSR count). The van der Waals surface area contributed by atoms with Crippen molar-refractivity contribution in [3.63, 3.8) is 0 Å². The molecule has 1 aliphatic rings. The number of fused-ring (bicyclic) bond motifs is 3. The van der Waals surface area contributed by atoms with Gasteiger partial charge >= 0.3 is 0 Å². The second kappa shape index (κ2) is 10.3. The van der Waals surface area contributed by atoms with Gasteiger partial charge in [-0.05, 0) is 85.3 Å². The Hall–Kier alpha value is -2.73. The summed E-state index contributed by atoms with van der Waals surface area (Å²) in [5.74, 6) is -0.443. The van der Waals surface area contributed by atoms with Gasteiger partial charge in [-0.25, -0.2) is 8.78 Å². The van der Waals surface area contributed by atoms with E-state index in [0.717, 1.165) is 53.8 Å². The van der Waals surface area contributed by atoms with Crippen molar-refractivity contribution in [3.8, 4) is 5.69 Å². The standard InChI is InChI=1S/C27H23ClF2N2O.ClH/c28-19-5-3-18(4-6-19)27(33)2-1-14-31-15-13-26-24(17-31)23-16-21(30)9-12-25(23)32(26)22-10-7-20(29)8-11-22;/h3-12,16H,1-2,13-15,17H2;1H. The molecule has 0 amide bonds. The minimum absolute atomic E-state index is 0. The zero-order chi connectivity index (χ0) is 22.9. The highest BCUT2D eigenvalue weighted by molar-refractivity contribution is 6.30. The van der Waals surface area contributed by atoms with E-state index in [-0.39, 0.29) is 29.8 Å². The molecule has 1 aromatic heterocycles. The van der Waals surface area contributed by atoms with Gasteiger partial charge in [-0.3, -0.25) is 9.69 Å². The Kier molecular flexibility index (Phi) is 7.36. The lowest BCUT2D eigenvalue weighted by molar-refractivity contribution is 0.0973. The van der Waals surface area contributed by atoms with E-state index in [9.17, 15) is 13.6 Å². The fraction of sp³-hybridized carbons (Fsp3) is 0.222. The maximum absolute atomic E-state index is 14.1. The van der Waals surface area contributed by atoms with E-state index in [1.54, 1.807) is 48.5 Å². The van der Waals surface area contributed by atoms with Gasteiger partial charge in [0, 0.05) is 53.3 Å². The zero-order valence-corrected chi connectivity index (χ0v) is 20.0. The summed E-state index contributed by atoms with van der Waals surface area (Å²) in [6.45, 7) is 2.33. The van der Waals surface area contributed by atoms with E-state index in [0.29, 0.717) is 23.6 Å². The number of carbonyl (C=O) groups is 1. The van der Waals surface area contributed by atoms with Crippen LogP contribution in [0.3, 0.4) is 0 Å². The van der Waals surface area contributed by atoms with Crippen molar-refractivity contribution in [2.45, 2.75) is 25.8 Å². The number of halogens is 4. The Bertz CT molecular complexity index is 1320. The highest BCUT2D eigenvalue weighted by atomic mass is 35.5. The molecule has 0 radical (unpaired) electrons. The molecule has 0 bridgehead atoms. The fourth-order valence-electron chi connectivity index (χ4n) is 4.71. The lowest BCUT2D eigenvalue weighted by atomic mass is 10.0. The minimum atomic E-state index is -0.283. The van der Waals surface area contributed by atoms with Crippen molar-refractivity contribution < 1.29 is 13.6 Å². The Labute approximate surface area is 208 Å². The molecule has 0 unspecified atom stereocenters. The first kappa shape index (κ1) is 24.4. The average Bonchev–Trinajstić information content (AvgIpc) is 3.13. The summed E-state index contributed by atoms with van der Waals surface area (Å²) in [4.78, 5) is 14.8. The number of aromatic nitrogens is 1. The number of rotatable bonds is 6. The third kappa shape index (κ3) is 4.88. The molecule has 0 atom stereocenters. The normalized spacial score (nSPS) is 13.5. The van der Waals surface area contributed by atoms with Gasteiger partial charge in [-0.1, -0.05) is 11.6 Å². The van der Waals surface area contributed by atoms with Crippen LogP contribution in [0.2, 0.25) is 5.02 Å². The summed E-state index contributed by atoms with van der Waals surface area (Å²) < 4.78 is 29.7. The molecule has 3 nitrogen and oxygen atoms in total. The van der Waals surface area contributed by atoms with E-state index >= 15 is 0 Å². The number of benzene rings is 3. The molecule has 0 fully saturated rings. The smallest absolute Gasteiger partial charge is 0.162 e. The van der Waals surface area contributed by atoms with E-state index in [1.807, 2.05) is 0 Å². The summed E-state index contributed by atoms with van der Waals surface area (Å²) in [6, 6.07) is 18.2. The largest absolute Gasteiger partial charge is 0.313 e. The third-order valence-corrected chi connectivity index (χ3v) is 6.57. The van der Waals surface area contributed by atoms with Crippen LogP contribution in [-0.4, -0.2) is 28.3 Å². The van der Waals surface area contributed by atoms with Crippen molar-refractivity contribution in [2.75, 3.05) is 13.1 Å². The average molecular weight is 501 g/mol. The number of nitrogens with zero attached hydrogens (tertiary/aromatic N) is 2. The highest BCUT2D eigenvalue weighted by Crippen LogP contribution is 2.34. The molecule has 1 aliphatic heterocycles. The molecule has 0 aliphatic carbocycles. The number of ketones is 1. The van der Waals surface area contributed by atoms with Crippen LogP contribution >= 0.6 is 24.0 Å². The molecule has 0 saturated carbocycles. The van der Waals surface area contributed by atoms with Crippen LogP contribution < -0.4 is 0 Å². The molecule has 176 valence electrons. The molecule has 4 aromatic rings. The second-order valence-electron chi connectivity index (χ2n) is 8.46. The summed E-state index contributed by atoms with van der Waals surface area (Å²) >= 11 is 5.90. The number of hydrogen-bond donors (Lipinski definition) is 0. The van der Waals surface area contributed by atoms with Crippen molar-refractivity contribution >= 4 is 40.7 Å². The summed E-state index contributed by atoms with van der Waals surface area (Å²) in [7, 11) is 0. The first-order valence-electron chi connectivity index (χ1n) is 11.1. The summed E-state index contributed by atoms with van der Waals surface area (Å²) in [5.41, 5.74) is 4.71. The monoisotopic (exact) mass is 500 g/mol. The van der Waals surface area contributed by atoms with Gasteiger partial charge in [0.2, 0.25) is 0 Å². The summed E-state index contributed by atoms with van der Waals surface area (Å²) in [5, 5.41) is 1.50. The minimum Gasteiger partial charge on any atom is -0.313 e. The Morgan fingerprint density at radius 1 is 0.941 bits per heavy atom. The quantitative estimate of drug-likeness (QED) is 0.266. The van der Waals surface area contributed by atoms with Crippen LogP contribution in [0.4, 0.5) is 8.78 Å². The van der Waals surface area contributed by atoms with Gasteiger partial charge in [-0.15, -0.1) is 12.4 Å². The predicted molar refractivity (Wildman–Crippen MR) is 134 cm³/mol. The first-order chi connectivity index (χ1) is 16.0. The Morgan fingerprint density at radius 2 is 1.65 bits per heavy atom. The molecule has 2 heterocycles. The van der Waals surface area contributed by atoms with E-state index in [2.05, 4.69) is 9.47 Å². The van der Waals surface area contributed by atoms with Crippen molar-refractivity contribution in [1.29, 1.82) is 0 Å². The molecule has 3 aromatic carbocycles. The third-order valence-electron chi connectivity index (χ3n) is 6.32. The number of carbonyl (C=O) groups excluding carboxylic acids is 1. The van der Waals surface area contributed by atoms with Crippen LogP contribution in [0.15, 0.2) is 66.7 Å². The van der Waals surface area contributed by atoms with Crippen LogP contribution in [0, 0.1) is 11.6 Å². The van der Waals surface area contributed by atoms with Gasteiger partial charge in [0.05, 0.1) is 5.52 Å². The molecule has 0 N–H and O–H groups in total. The van der Waals surface area contributed by atoms with Crippen LogP contribution in [0.5, 0.6) is 0 Å². The molecule has 0 saturated heterocycles. The molecular weight excluding hydrogens is 477 g/mol. The van der Waals surface area contributed by atoms with E-state index in [1.165, 1.54) is 18.2 Å². The van der Waals surface area contributed by atoms with Gasteiger partial charge in [-0.2, -0.15) is 0 Å². The molecule has 7 heteroatoms. The van der Waals surface area contributed by atoms with Crippen molar-refractivity contribution in [2.24, 2.45) is 0 Å². The topological polar surface area (TPSA) is 25.2 Å². The van der Waals surface area contributed by atoms with Crippen molar-refractivity contribution in [3.05, 3.63) is 100 Å². The van der Waals surface area contributed by atoms with Gasteiger partial charge in [0.1, 0.15) is 11.6 Å². The molecular formula is C27H24Cl2F2N2O. The van der Waals surface area contributed by atoms with E-state index < -0.39 is 0 Å². The van der Waals surface area contributed by atoms with Crippen LogP contribution in [0.1, 0.15) is 34.5 Å². The van der Waals surface area contributed by atoms with Crippen LogP contribution in [-0.2, 0) is 13.0 Å². The lowest BCUT2D eigenvalue weighted by Crippen LogP contribution is -2.32. The van der Waals surface area contributed by atoms with Crippen molar-refractivity contribution in [1.82, 2.24) is 9.47 Å². The predicted octanol–water partition coefficient (Wildman–Crippen LogP) is 7.01. The molecule has 0 spiro atoms. The van der Waals surface area contributed by atoms with E-state index in [4.69, 9.17) is 11.6 Å². The highest BCUT2D eigenvalue weighted by Gasteiger charge is 2.25. The number of Topliss-reactive ketones (excluding diaryl/α,β-unsaturated/α-hetero) is 1. The summed E-state index contributed by atoms with van der Waals surface area (Å²) in [6.07, 6.45) is 2.02. The maximum atomic E-state index is 14.1.